The van der Waals surface area contributed by atoms with Gasteiger partial charge >= 0.3 is 11.7 Å². The van der Waals surface area contributed by atoms with E-state index in [1.54, 1.807) is 20.8 Å². The maximum Gasteiger partial charge on any atom is 0.330 e. The highest BCUT2D eigenvalue weighted by Gasteiger charge is 2.35. The quantitative estimate of drug-likeness (QED) is 0.228. The average Bonchev–Trinajstić information content (AvgIpc) is 3.13. The van der Waals surface area contributed by atoms with Gasteiger partial charge in [-0.2, -0.15) is 0 Å². The van der Waals surface area contributed by atoms with Gasteiger partial charge in [0.1, 0.15) is 12.3 Å². The van der Waals surface area contributed by atoms with Gasteiger partial charge in [-0.25, -0.2) is 9.88 Å². The summed E-state index contributed by atoms with van der Waals surface area (Å²) in [7, 11) is -1.70. The van der Waals surface area contributed by atoms with Crippen molar-refractivity contribution in [3.63, 3.8) is 0 Å². The Hall–Kier alpha value is -1.56. The van der Waals surface area contributed by atoms with Crippen molar-refractivity contribution in [3.8, 4) is 0 Å². The lowest BCUT2D eigenvalue weighted by Gasteiger charge is -2.24. The van der Waals surface area contributed by atoms with Gasteiger partial charge < -0.3 is 18.5 Å². The molecular formula is C23H38N3O8PS. The van der Waals surface area contributed by atoms with Crippen LogP contribution in [0.4, 0.5) is 0 Å². The number of esters is 1. The van der Waals surface area contributed by atoms with Gasteiger partial charge in [0.2, 0.25) is 0 Å². The Bertz CT molecular complexity index is 993. The molecule has 5 atom stereocenters. The normalized spacial score (nSPS) is 21.9. The molecule has 36 heavy (non-hydrogen) atoms. The van der Waals surface area contributed by atoms with Gasteiger partial charge in [-0.15, -0.1) is 0 Å². The molecule has 0 spiro atoms. The van der Waals surface area contributed by atoms with Gasteiger partial charge in [0, 0.05) is 23.4 Å². The fourth-order valence-corrected chi connectivity index (χ4v) is 5.26. The fourth-order valence-electron chi connectivity index (χ4n) is 3.17. The van der Waals surface area contributed by atoms with Crippen LogP contribution in [0, 0.1) is 11.3 Å². The van der Waals surface area contributed by atoms with Crippen LogP contribution in [0.3, 0.4) is 0 Å². The van der Waals surface area contributed by atoms with Crippen LogP contribution < -0.4 is 16.3 Å². The van der Waals surface area contributed by atoms with Crippen LogP contribution >= 0.6 is 20.3 Å². The summed E-state index contributed by atoms with van der Waals surface area (Å²) in [5.41, 5.74) is -1.45. The minimum Gasteiger partial charge on any atom is -0.462 e. The van der Waals surface area contributed by atoms with Crippen LogP contribution in [0.2, 0.25) is 0 Å². The second kappa shape index (κ2) is 13.8. The van der Waals surface area contributed by atoms with E-state index in [9.17, 15) is 19.2 Å². The number of hydrogen-bond donors (Lipinski definition) is 2. The van der Waals surface area contributed by atoms with Crippen LogP contribution in [-0.4, -0.2) is 57.9 Å². The van der Waals surface area contributed by atoms with Crippen molar-refractivity contribution >= 4 is 31.4 Å². The molecule has 2 heterocycles. The Labute approximate surface area is 217 Å². The lowest BCUT2D eigenvalue weighted by Crippen LogP contribution is -2.35. The molecule has 13 heteroatoms. The predicted octanol–water partition coefficient (Wildman–Crippen LogP) is 2.96. The SMILES string of the molecule is CC(C)OC(=O)[C@H](C)N[P@](OCCSC(=O)C(C)(C)C)OCC1OC(n2ccc(=O)[nH]c2=O)CC1C. The maximum atomic E-state index is 12.3. The zero-order valence-electron chi connectivity index (χ0n) is 21.9. The number of nitrogens with zero attached hydrogens (tertiary/aromatic N) is 1. The summed E-state index contributed by atoms with van der Waals surface area (Å²) in [6.45, 7) is 13.2. The van der Waals surface area contributed by atoms with E-state index < -0.39 is 43.4 Å². The third kappa shape index (κ3) is 9.72. The van der Waals surface area contributed by atoms with Gasteiger partial charge in [0.15, 0.2) is 5.12 Å². The Balaban J connectivity index is 1.97. The largest absolute Gasteiger partial charge is 0.462 e. The van der Waals surface area contributed by atoms with Crippen LogP contribution in [-0.2, 0) is 28.1 Å². The van der Waals surface area contributed by atoms with Crippen molar-refractivity contribution in [1.82, 2.24) is 14.6 Å². The van der Waals surface area contributed by atoms with E-state index in [2.05, 4.69) is 10.1 Å². The topological polar surface area (TPSA) is 138 Å². The highest BCUT2D eigenvalue weighted by molar-refractivity contribution is 8.13. The fraction of sp³-hybridized carbons (Fsp3) is 0.739. The summed E-state index contributed by atoms with van der Waals surface area (Å²) in [5.74, 6) is 0.0807. The summed E-state index contributed by atoms with van der Waals surface area (Å²) in [4.78, 5) is 50.1. The van der Waals surface area contributed by atoms with E-state index in [4.69, 9.17) is 18.5 Å². The summed E-state index contributed by atoms with van der Waals surface area (Å²) in [6, 6.07) is 0.604. The van der Waals surface area contributed by atoms with E-state index in [1.807, 2.05) is 27.7 Å². The Morgan fingerprint density at radius 1 is 1.28 bits per heavy atom. The molecule has 1 aromatic heterocycles. The van der Waals surface area contributed by atoms with Crippen LogP contribution in [0.1, 0.15) is 61.1 Å². The molecule has 0 aliphatic carbocycles. The molecule has 2 N–H and O–H groups in total. The first-order valence-electron chi connectivity index (χ1n) is 11.9. The van der Waals surface area contributed by atoms with Gasteiger partial charge in [-0.3, -0.25) is 23.9 Å². The standard InChI is InChI=1S/C23H38N3O8PS/c1-14(2)33-20(28)16(4)25-35(31-10-11-36-21(29)23(5,6)7)32-13-17-15(3)12-19(34-17)26-9-8-18(27)24-22(26)30/h8-9,14-17,19,25H,10-13H2,1-7H3,(H,24,27,30)/t15?,16-,17?,19?,35+/m0/s1. The Morgan fingerprint density at radius 2 is 1.97 bits per heavy atom. The lowest BCUT2D eigenvalue weighted by molar-refractivity contribution is -0.149. The molecular weight excluding hydrogens is 509 g/mol. The van der Waals surface area contributed by atoms with Gasteiger partial charge in [-0.1, -0.05) is 39.5 Å². The molecule has 1 fully saturated rings. The second-order valence-corrected chi connectivity index (χ2v) is 12.3. The smallest absolute Gasteiger partial charge is 0.330 e. The molecule has 0 saturated carbocycles. The first kappa shape index (κ1) is 30.7. The van der Waals surface area contributed by atoms with Crippen LogP contribution in [0.5, 0.6) is 0 Å². The Morgan fingerprint density at radius 3 is 2.58 bits per heavy atom. The van der Waals surface area contributed by atoms with Crippen LogP contribution in [0.25, 0.3) is 0 Å². The highest BCUT2D eigenvalue weighted by Crippen LogP contribution is 2.39. The molecule has 0 radical (unpaired) electrons. The van der Waals surface area contributed by atoms with Crippen molar-refractivity contribution in [1.29, 1.82) is 0 Å². The number of hydrogen-bond acceptors (Lipinski definition) is 10. The number of nitrogens with one attached hydrogen (secondary N) is 2. The van der Waals surface area contributed by atoms with E-state index in [1.165, 1.54) is 28.6 Å². The minimum atomic E-state index is -1.70. The van der Waals surface area contributed by atoms with E-state index in [0.29, 0.717) is 12.2 Å². The molecule has 2 rings (SSSR count). The van der Waals surface area contributed by atoms with Crippen molar-refractivity contribution in [2.45, 2.75) is 79.4 Å². The summed E-state index contributed by atoms with van der Waals surface area (Å²) in [6.07, 6.45) is 0.861. The summed E-state index contributed by atoms with van der Waals surface area (Å²) >= 11 is 1.19. The van der Waals surface area contributed by atoms with Gasteiger partial charge in [0.25, 0.3) is 14.1 Å². The lowest BCUT2D eigenvalue weighted by atomic mass is 10.00. The van der Waals surface area contributed by atoms with Crippen LogP contribution in [0.15, 0.2) is 21.9 Å². The molecule has 0 amide bonds. The first-order valence-corrected chi connectivity index (χ1v) is 14.1. The van der Waals surface area contributed by atoms with E-state index >= 15 is 0 Å². The third-order valence-corrected chi connectivity index (χ3v) is 7.84. The summed E-state index contributed by atoms with van der Waals surface area (Å²) in [5, 5.41) is 3.10. The van der Waals surface area contributed by atoms with E-state index in [0.717, 1.165) is 0 Å². The monoisotopic (exact) mass is 547 g/mol. The van der Waals surface area contributed by atoms with Crippen molar-refractivity contribution in [2.24, 2.45) is 11.3 Å². The Kier molecular flexibility index (Phi) is 11.8. The number of carbonyl (C=O) groups is 2. The number of carbonyl (C=O) groups excluding carboxylic acids is 2. The molecule has 1 aliphatic rings. The molecule has 1 saturated heterocycles. The minimum absolute atomic E-state index is 0.0639. The third-order valence-electron chi connectivity index (χ3n) is 5.20. The number of H-pyrrole nitrogens is 1. The molecule has 3 unspecified atom stereocenters. The number of rotatable bonds is 12. The number of aromatic amines is 1. The molecule has 1 aromatic rings. The molecule has 1 aliphatic heterocycles. The van der Waals surface area contributed by atoms with Crippen molar-refractivity contribution in [2.75, 3.05) is 19.0 Å². The predicted molar refractivity (Wildman–Crippen MR) is 139 cm³/mol. The zero-order valence-corrected chi connectivity index (χ0v) is 23.6. The first-order chi connectivity index (χ1) is 16.8. The van der Waals surface area contributed by atoms with Gasteiger partial charge in [-0.05, 0) is 33.1 Å². The number of thioether (sulfide) groups is 1. The number of aromatic nitrogens is 2. The maximum absolute atomic E-state index is 12.3. The average molecular weight is 548 g/mol. The molecule has 204 valence electrons. The highest BCUT2D eigenvalue weighted by atomic mass is 32.2. The molecule has 11 nitrogen and oxygen atoms in total. The summed E-state index contributed by atoms with van der Waals surface area (Å²) < 4.78 is 24.5. The van der Waals surface area contributed by atoms with E-state index in [-0.39, 0.29) is 36.5 Å². The van der Waals surface area contributed by atoms with Crippen molar-refractivity contribution < 1.29 is 28.1 Å². The molecule has 0 bridgehead atoms. The second-order valence-electron chi connectivity index (χ2n) is 9.97. The number of ether oxygens (including phenoxy) is 2. The molecule has 0 aromatic carbocycles. The zero-order chi connectivity index (χ0) is 27.0. The van der Waals surface area contributed by atoms with Gasteiger partial charge in [0.05, 0.1) is 25.4 Å². The van der Waals surface area contributed by atoms with Crippen molar-refractivity contribution in [3.05, 3.63) is 33.1 Å².